The van der Waals surface area contributed by atoms with Crippen LogP contribution in [0.3, 0.4) is 0 Å². The zero-order valence-electron chi connectivity index (χ0n) is 14.3. The Morgan fingerprint density at radius 1 is 1.16 bits per heavy atom. The molecule has 0 radical (unpaired) electrons. The van der Waals surface area contributed by atoms with Crippen molar-refractivity contribution in [1.82, 2.24) is 4.90 Å². The second kappa shape index (κ2) is 6.66. The molecule has 0 aliphatic carbocycles. The summed E-state index contributed by atoms with van der Waals surface area (Å²) in [7, 11) is 0. The van der Waals surface area contributed by atoms with E-state index >= 15 is 0 Å². The number of ether oxygens (including phenoxy) is 1. The summed E-state index contributed by atoms with van der Waals surface area (Å²) in [6.07, 6.45) is 0.696. The van der Waals surface area contributed by atoms with Gasteiger partial charge in [-0.2, -0.15) is 0 Å². The minimum absolute atomic E-state index is 0.130. The van der Waals surface area contributed by atoms with E-state index in [1.807, 2.05) is 0 Å². The number of Topliss-reactive ketones (excluding diaryl/α,β-unsaturated/α-hetero) is 2. The van der Waals surface area contributed by atoms with Crippen LogP contribution in [0.2, 0.25) is 0 Å². The van der Waals surface area contributed by atoms with Gasteiger partial charge >= 0.3 is 0 Å². The lowest BCUT2D eigenvalue weighted by molar-refractivity contribution is -0.137. The number of hydrogen-bond donors (Lipinski definition) is 0. The Morgan fingerprint density at radius 3 is 2.48 bits per heavy atom. The van der Waals surface area contributed by atoms with Crippen LogP contribution in [0.4, 0.5) is 5.69 Å². The van der Waals surface area contributed by atoms with E-state index < -0.39 is 6.04 Å². The zero-order chi connectivity index (χ0) is 18.1. The topological polar surface area (TPSA) is 84.0 Å². The highest BCUT2D eigenvalue weighted by molar-refractivity contribution is 6.05. The average molecular weight is 344 g/mol. The van der Waals surface area contributed by atoms with Gasteiger partial charge in [-0.3, -0.25) is 24.1 Å². The van der Waals surface area contributed by atoms with Crippen LogP contribution in [0.1, 0.15) is 37.0 Å². The maximum Gasteiger partial charge on any atom is 0.265 e. The van der Waals surface area contributed by atoms with E-state index in [-0.39, 0.29) is 30.0 Å². The number of carbonyl (C=O) groups excluding carboxylic acids is 4. The Bertz CT molecular complexity index is 748. The standard InChI is InChI=1S/C18H20N2O5/c1-11(18(24)19-7-5-14(22)6-8-19)20-15-9-13(12(2)21)3-4-16(15)25-10-17(20)23/h3-4,9,11H,5-8,10H2,1-2H3. The third kappa shape index (κ3) is 3.26. The quantitative estimate of drug-likeness (QED) is 0.769. The van der Waals surface area contributed by atoms with Crippen LogP contribution in [0.15, 0.2) is 18.2 Å². The minimum Gasteiger partial charge on any atom is -0.482 e. The molecule has 2 aliphatic rings. The molecule has 2 aliphatic heterocycles. The highest BCUT2D eigenvalue weighted by Crippen LogP contribution is 2.35. The third-order valence-corrected chi connectivity index (χ3v) is 4.62. The lowest BCUT2D eigenvalue weighted by Crippen LogP contribution is -2.53. The first-order valence-corrected chi connectivity index (χ1v) is 8.29. The highest BCUT2D eigenvalue weighted by Gasteiger charge is 2.36. The smallest absolute Gasteiger partial charge is 0.265 e. The van der Waals surface area contributed by atoms with Crippen molar-refractivity contribution in [3.05, 3.63) is 23.8 Å². The van der Waals surface area contributed by atoms with Crippen molar-refractivity contribution in [1.29, 1.82) is 0 Å². The van der Waals surface area contributed by atoms with E-state index in [1.54, 1.807) is 30.0 Å². The number of benzene rings is 1. The molecule has 1 aromatic carbocycles. The molecule has 1 aromatic rings. The van der Waals surface area contributed by atoms with Gasteiger partial charge in [0, 0.05) is 31.5 Å². The predicted octanol–water partition coefficient (Wildman–Crippen LogP) is 1.19. The molecule has 1 saturated heterocycles. The van der Waals surface area contributed by atoms with Gasteiger partial charge in [0.05, 0.1) is 5.69 Å². The van der Waals surface area contributed by atoms with Gasteiger partial charge in [0.25, 0.3) is 5.91 Å². The molecule has 7 nitrogen and oxygen atoms in total. The second-order valence-corrected chi connectivity index (χ2v) is 6.33. The Kier molecular flexibility index (Phi) is 4.57. The molecule has 0 bridgehead atoms. The molecule has 0 saturated carbocycles. The van der Waals surface area contributed by atoms with Crippen molar-refractivity contribution in [3.8, 4) is 5.75 Å². The number of amides is 2. The Labute approximate surface area is 145 Å². The van der Waals surface area contributed by atoms with E-state index in [1.165, 1.54) is 11.8 Å². The molecule has 3 rings (SSSR count). The molecule has 132 valence electrons. The molecule has 2 heterocycles. The minimum atomic E-state index is -0.731. The van der Waals surface area contributed by atoms with Crippen LogP contribution < -0.4 is 9.64 Å². The molecule has 0 spiro atoms. The number of fused-ring (bicyclic) bond motifs is 1. The van der Waals surface area contributed by atoms with Crippen LogP contribution in [0.5, 0.6) is 5.75 Å². The number of ketones is 2. The Balaban J connectivity index is 1.89. The van der Waals surface area contributed by atoms with Gasteiger partial charge in [-0.15, -0.1) is 0 Å². The van der Waals surface area contributed by atoms with Crippen molar-refractivity contribution in [3.63, 3.8) is 0 Å². The summed E-state index contributed by atoms with van der Waals surface area (Å²) in [6, 6.07) is 4.13. The van der Waals surface area contributed by atoms with E-state index in [0.29, 0.717) is 42.9 Å². The fourth-order valence-electron chi connectivity index (χ4n) is 3.17. The number of hydrogen-bond acceptors (Lipinski definition) is 5. The van der Waals surface area contributed by atoms with Gasteiger partial charge in [-0.05, 0) is 32.0 Å². The highest BCUT2D eigenvalue weighted by atomic mass is 16.5. The maximum absolute atomic E-state index is 12.8. The van der Waals surface area contributed by atoms with E-state index in [4.69, 9.17) is 4.74 Å². The van der Waals surface area contributed by atoms with Gasteiger partial charge in [0.1, 0.15) is 17.6 Å². The van der Waals surface area contributed by atoms with Crippen molar-refractivity contribution >= 4 is 29.1 Å². The molecule has 0 N–H and O–H groups in total. The fourth-order valence-corrected chi connectivity index (χ4v) is 3.17. The summed E-state index contributed by atoms with van der Waals surface area (Å²) < 4.78 is 5.42. The first kappa shape index (κ1) is 17.1. The number of carbonyl (C=O) groups is 4. The molecule has 1 unspecified atom stereocenters. The van der Waals surface area contributed by atoms with Crippen LogP contribution in [0.25, 0.3) is 0 Å². The summed E-state index contributed by atoms with van der Waals surface area (Å²) in [5.74, 6) is -0.0490. The summed E-state index contributed by atoms with van der Waals surface area (Å²) >= 11 is 0. The maximum atomic E-state index is 12.8. The van der Waals surface area contributed by atoms with Crippen molar-refractivity contribution < 1.29 is 23.9 Å². The number of nitrogens with zero attached hydrogens (tertiary/aromatic N) is 2. The first-order valence-electron chi connectivity index (χ1n) is 8.29. The van der Waals surface area contributed by atoms with E-state index in [2.05, 4.69) is 0 Å². The SMILES string of the molecule is CC(=O)c1ccc2c(c1)N(C(C)C(=O)N1CCC(=O)CC1)C(=O)CO2. The van der Waals surface area contributed by atoms with Gasteiger partial charge in [-0.25, -0.2) is 0 Å². The van der Waals surface area contributed by atoms with Crippen LogP contribution >= 0.6 is 0 Å². The number of likely N-dealkylation sites (tertiary alicyclic amines) is 1. The largest absolute Gasteiger partial charge is 0.482 e. The summed E-state index contributed by atoms with van der Waals surface area (Å²) in [5.41, 5.74) is 0.878. The monoisotopic (exact) mass is 344 g/mol. The van der Waals surface area contributed by atoms with E-state index in [0.717, 1.165) is 0 Å². The van der Waals surface area contributed by atoms with Gasteiger partial charge < -0.3 is 9.64 Å². The summed E-state index contributed by atoms with van der Waals surface area (Å²) in [5, 5.41) is 0. The molecule has 25 heavy (non-hydrogen) atoms. The molecular weight excluding hydrogens is 324 g/mol. The average Bonchev–Trinajstić information content (AvgIpc) is 2.60. The molecule has 1 atom stereocenters. The number of piperidine rings is 1. The van der Waals surface area contributed by atoms with E-state index in [9.17, 15) is 19.2 Å². The molecule has 0 aromatic heterocycles. The van der Waals surface area contributed by atoms with Crippen molar-refractivity contribution in [2.24, 2.45) is 0 Å². The fraction of sp³-hybridized carbons (Fsp3) is 0.444. The predicted molar refractivity (Wildman–Crippen MR) is 89.7 cm³/mol. The Hall–Kier alpha value is -2.70. The molecule has 1 fully saturated rings. The Morgan fingerprint density at radius 2 is 1.84 bits per heavy atom. The van der Waals surface area contributed by atoms with Gasteiger partial charge in [0.2, 0.25) is 5.91 Å². The number of rotatable bonds is 3. The number of anilines is 1. The lowest BCUT2D eigenvalue weighted by atomic mass is 10.1. The molecule has 7 heteroatoms. The zero-order valence-corrected chi connectivity index (χ0v) is 14.3. The normalized spacial score (nSPS) is 18.5. The van der Waals surface area contributed by atoms with Crippen LogP contribution in [-0.2, 0) is 14.4 Å². The van der Waals surface area contributed by atoms with Crippen molar-refractivity contribution in [2.75, 3.05) is 24.6 Å². The van der Waals surface area contributed by atoms with Crippen molar-refractivity contribution in [2.45, 2.75) is 32.7 Å². The third-order valence-electron chi connectivity index (χ3n) is 4.62. The lowest BCUT2D eigenvalue weighted by Gasteiger charge is -2.36. The summed E-state index contributed by atoms with van der Waals surface area (Å²) in [6.45, 7) is 3.70. The van der Waals surface area contributed by atoms with Gasteiger partial charge in [0.15, 0.2) is 12.4 Å². The van der Waals surface area contributed by atoms with Crippen LogP contribution in [0, 0.1) is 0 Å². The van der Waals surface area contributed by atoms with Gasteiger partial charge in [-0.1, -0.05) is 0 Å². The molecular formula is C18H20N2O5. The second-order valence-electron chi connectivity index (χ2n) is 6.33. The summed E-state index contributed by atoms with van der Waals surface area (Å²) in [4.78, 5) is 51.2. The van der Waals surface area contributed by atoms with Crippen LogP contribution in [-0.4, -0.2) is 54.0 Å². The molecule has 2 amide bonds. The first-order chi connectivity index (χ1) is 11.9.